The van der Waals surface area contributed by atoms with Crippen molar-refractivity contribution in [1.29, 1.82) is 0 Å². The summed E-state index contributed by atoms with van der Waals surface area (Å²) in [5.74, 6) is 5.18. The zero-order valence-electron chi connectivity index (χ0n) is 13.9. The van der Waals surface area contributed by atoms with E-state index in [0.717, 1.165) is 42.9 Å². The molecule has 4 heteroatoms. The summed E-state index contributed by atoms with van der Waals surface area (Å²) < 4.78 is 0. The van der Waals surface area contributed by atoms with Gasteiger partial charge in [0.2, 0.25) is 5.91 Å². The van der Waals surface area contributed by atoms with Crippen LogP contribution in [0.1, 0.15) is 58.8 Å². The zero-order valence-corrected chi connectivity index (χ0v) is 15.6. The third-order valence-electron chi connectivity index (χ3n) is 4.33. The van der Waals surface area contributed by atoms with E-state index in [-0.39, 0.29) is 0 Å². The maximum Gasteiger partial charge on any atom is 0.223 e. The van der Waals surface area contributed by atoms with Gasteiger partial charge in [-0.15, -0.1) is 0 Å². The number of thiol groups is 1. The molecule has 1 aliphatic heterocycles. The van der Waals surface area contributed by atoms with Gasteiger partial charge < -0.3 is 4.90 Å². The molecular formula is C17H33NOS2. The lowest BCUT2D eigenvalue weighted by Crippen LogP contribution is -2.27. The van der Waals surface area contributed by atoms with E-state index in [2.05, 4.69) is 26.5 Å². The summed E-state index contributed by atoms with van der Waals surface area (Å²) >= 11 is 6.32. The van der Waals surface area contributed by atoms with E-state index in [4.69, 9.17) is 0 Å². The lowest BCUT2D eigenvalue weighted by Gasteiger charge is -2.20. The zero-order chi connectivity index (χ0) is 15.5. The topological polar surface area (TPSA) is 20.3 Å². The highest BCUT2D eigenvalue weighted by molar-refractivity contribution is 7.99. The fraction of sp³-hybridized carbons (Fsp3) is 0.941. The Morgan fingerprint density at radius 3 is 2.62 bits per heavy atom. The molecular weight excluding hydrogens is 298 g/mol. The van der Waals surface area contributed by atoms with E-state index >= 15 is 0 Å². The third kappa shape index (κ3) is 8.39. The first-order valence-corrected chi connectivity index (χ1v) is 10.4. The quantitative estimate of drug-likeness (QED) is 0.444. The molecule has 21 heavy (non-hydrogen) atoms. The van der Waals surface area contributed by atoms with Crippen molar-refractivity contribution in [2.45, 2.75) is 58.8 Å². The Balaban J connectivity index is 2.15. The van der Waals surface area contributed by atoms with Crippen molar-refractivity contribution < 1.29 is 4.79 Å². The number of hydrogen-bond donors (Lipinski definition) is 1. The first-order valence-electron chi connectivity index (χ1n) is 8.63. The van der Waals surface area contributed by atoms with Crippen molar-refractivity contribution in [3.8, 4) is 0 Å². The van der Waals surface area contributed by atoms with Crippen LogP contribution in [0.3, 0.4) is 0 Å². The van der Waals surface area contributed by atoms with Crippen LogP contribution in [0.2, 0.25) is 0 Å². The van der Waals surface area contributed by atoms with Crippen LogP contribution in [0, 0.1) is 11.8 Å². The summed E-state index contributed by atoms with van der Waals surface area (Å²) in [5.41, 5.74) is 0. The molecule has 1 aliphatic rings. The molecule has 0 aliphatic carbocycles. The lowest BCUT2D eigenvalue weighted by atomic mass is 9.92. The second-order valence-corrected chi connectivity index (χ2v) is 8.02. The average Bonchev–Trinajstić information content (AvgIpc) is 2.98. The first kappa shape index (κ1) is 19.2. The van der Waals surface area contributed by atoms with Crippen LogP contribution in [0.4, 0.5) is 0 Å². The van der Waals surface area contributed by atoms with Gasteiger partial charge in [-0.25, -0.2) is 0 Å². The fourth-order valence-corrected chi connectivity index (χ4v) is 4.68. The predicted octanol–water partition coefficient (Wildman–Crippen LogP) is 4.49. The second-order valence-electron chi connectivity index (χ2n) is 6.42. The van der Waals surface area contributed by atoms with Gasteiger partial charge in [0.05, 0.1) is 0 Å². The van der Waals surface area contributed by atoms with Crippen LogP contribution in [0.5, 0.6) is 0 Å². The lowest BCUT2D eigenvalue weighted by molar-refractivity contribution is -0.129. The molecule has 2 atom stereocenters. The van der Waals surface area contributed by atoms with E-state index < -0.39 is 0 Å². The normalized spacial score (nSPS) is 18.0. The summed E-state index contributed by atoms with van der Waals surface area (Å²) in [7, 11) is 0. The van der Waals surface area contributed by atoms with Gasteiger partial charge in [-0.3, -0.25) is 4.79 Å². The van der Waals surface area contributed by atoms with Crippen molar-refractivity contribution in [3.05, 3.63) is 0 Å². The minimum absolute atomic E-state index is 0.371. The van der Waals surface area contributed by atoms with Crippen LogP contribution in [0.15, 0.2) is 0 Å². The van der Waals surface area contributed by atoms with Crippen molar-refractivity contribution in [2.24, 2.45) is 11.8 Å². The highest BCUT2D eigenvalue weighted by Crippen LogP contribution is 2.24. The standard InChI is InChI=1S/C17H33NOS2/c1-3-6-16(13-15(2)7-11-20)14-21-12-8-17(19)18-9-4-5-10-18/h15-16,20H,3-14H2,1-2H3. The van der Waals surface area contributed by atoms with Crippen molar-refractivity contribution >= 4 is 30.3 Å². The highest BCUT2D eigenvalue weighted by atomic mass is 32.2. The Morgan fingerprint density at radius 2 is 2.00 bits per heavy atom. The Morgan fingerprint density at radius 1 is 1.29 bits per heavy atom. The molecule has 124 valence electrons. The molecule has 1 rings (SSSR count). The van der Waals surface area contributed by atoms with E-state index in [1.54, 1.807) is 0 Å². The molecule has 0 aromatic carbocycles. The number of hydrogen-bond acceptors (Lipinski definition) is 3. The summed E-state index contributed by atoms with van der Waals surface area (Å²) in [4.78, 5) is 14.0. The van der Waals surface area contributed by atoms with E-state index in [9.17, 15) is 4.79 Å². The molecule has 1 saturated heterocycles. The Hall–Kier alpha value is 0.170. The summed E-state index contributed by atoms with van der Waals surface area (Å²) in [5, 5.41) is 0. The third-order valence-corrected chi connectivity index (χ3v) is 5.79. The number of likely N-dealkylation sites (tertiary alicyclic amines) is 1. The SMILES string of the molecule is CCCC(CSCCC(=O)N1CCCC1)CC(C)CCS. The van der Waals surface area contributed by atoms with Crippen LogP contribution in [0.25, 0.3) is 0 Å². The van der Waals surface area contributed by atoms with Crippen molar-refractivity contribution in [2.75, 3.05) is 30.3 Å². The first-order chi connectivity index (χ1) is 10.2. The Kier molecular flexibility index (Phi) is 10.7. The largest absolute Gasteiger partial charge is 0.343 e. The minimum Gasteiger partial charge on any atom is -0.343 e. The number of carbonyl (C=O) groups excluding carboxylic acids is 1. The molecule has 0 N–H and O–H groups in total. The Bertz CT molecular complexity index is 280. The molecule has 0 aromatic rings. The van der Waals surface area contributed by atoms with Crippen molar-refractivity contribution in [3.63, 3.8) is 0 Å². The number of amides is 1. The van der Waals surface area contributed by atoms with Gasteiger partial charge >= 0.3 is 0 Å². The van der Waals surface area contributed by atoms with Gasteiger partial charge in [0.25, 0.3) is 0 Å². The van der Waals surface area contributed by atoms with E-state index in [0.29, 0.717) is 5.91 Å². The van der Waals surface area contributed by atoms with Gasteiger partial charge in [0.15, 0.2) is 0 Å². The van der Waals surface area contributed by atoms with Gasteiger partial charge in [0, 0.05) is 25.3 Å². The average molecular weight is 332 g/mol. The van der Waals surface area contributed by atoms with Crippen LogP contribution in [-0.4, -0.2) is 41.2 Å². The highest BCUT2D eigenvalue weighted by Gasteiger charge is 2.18. The maximum atomic E-state index is 12.0. The smallest absolute Gasteiger partial charge is 0.223 e. The van der Waals surface area contributed by atoms with Gasteiger partial charge in [-0.1, -0.05) is 20.3 Å². The van der Waals surface area contributed by atoms with E-state index in [1.165, 1.54) is 44.3 Å². The number of nitrogens with zero attached hydrogens (tertiary/aromatic N) is 1. The van der Waals surface area contributed by atoms with Crippen LogP contribution in [-0.2, 0) is 4.79 Å². The molecule has 2 nitrogen and oxygen atoms in total. The molecule has 0 radical (unpaired) electrons. The van der Waals surface area contributed by atoms with Gasteiger partial charge in [0.1, 0.15) is 0 Å². The summed E-state index contributed by atoms with van der Waals surface area (Å²) in [6, 6.07) is 0. The molecule has 1 amide bonds. The van der Waals surface area contributed by atoms with Crippen LogP contribution >= 0.6 is 24.4 Å². The predicted molar refractivity (Wildman–Crippen MR) is 98.4 cm³/mol. The molecule has 0 bridgehead atoms. The molecule has 0 spiro atoms. The Labute approximate surface area is 141 Å². The molecule has 0 aromatic heterocycles. The molecule has 2 unspecified atom stereocenters. The second kappa shape index (κ2) is 11.7. The monoisotopic (exact) mass is 331 g/mol. The van der Waals surface area contributed by atoms with Crippen molar-refractivity contribution in [1.82, 2.24) is 4.90 Å². The summed E-state index contributed by atoms with van der Waals surface area (Å²) in [6.07, 6.45) is 8.26. The number of carbonyl (C=O) groups is 1. The molecule has 1 fully saturated rings. The van der Waals surface area contributed by atoms with Gasteiger partial charge in [-0.2, -0.15) is 24.4 Å². The number of thioether (sulfide) groups is 1. The van der Waals surface area contributed by atoms with Crippen LogP contribution < -0.4 is 0 Å². The maximum absolute atomic E-state index is 12.0. The van der Waals surface area contributed by atoms with E-state index in [1.807, 2.05) is 16.7 Å². The molecule has 1 heterocycles. The van der Waals surface area contributed by atoms with Gasteiger partial charge in [-0.05, 0) is 55.4 Å². The summed E-state index contributed by atoms with van der Waals surface area (Å²) in [6.45, 7) is 6.60. The number of rotatable bonds is 11. The minimum atomic E-state index is 0.371. The fourth-order valence-electron chi connectivity index (χ4n) is 3.12. The molecule has 0 saturated carbocycles.